The van der Waals surface area contributed by atoms with E-state index in [1.54, 1.807) is 0 Å². The molecule has 0 radical (unpaired) electrons. The summed E-state index contributed by atoms with van der Waals surface area (Å²) in [6.07, 6.45) is 0.578. The number of carbonyl (C=O) groups excluding carboxylic acids is 1. The Kier molecular flexibility index (Phi) is 4.37. The predicted octanol–water partition coefficient (Wildman–Crippen LogP) is 2.43. The Bertz CT molecular complexity index is 391. The van der Waals surface area contributed by atoms with Crippen LogP contribution in [0.25, 0.3) is 0 Å². The van der Waals surface area contributed by atoms with Gasteiger partial charge in [0.2, 0.25) is 5.91 Å². The van der Waals surface area contributed by atoms with Crippen molar-refractivity contribution in [2.24, 2.45) is 0 Å². The zero-order valence-electron chi connectivity index (χ0n) is 11.1. The van der Waals surface area contributed by atoms with Crippen molar-refractivity contribution in [2.75, 3.05) is 19.8 Å². The van der Waals surface area contributed by atoms with Crippen LogP contribution in [0.3, 0.4) is 0 Å². The van der Waals surface area contributed by atoms with Gasteiger partial charge < -0.3 is 9.64 Å². The largest absolute Gasteiger partial charge is 0.377 e. The van der Waals surface area contributed by atoms with Crippen LogP contribution in [-0.2, 0) is 9.53 Å². The van der Waals surface area contributed by atoms with Gasteiger partial charge in [0.25, 0.3) is 0 Å². The first-order chi connectivity index (χ1) is 8.68. The van der Waals surface area contributed by atoms with Gasteiger partial charge in [-0.1, -0.05) is 37.3 Å². The Hall–Kier alpha value is -1.35. The van der Waals surface area contributed by atoms with E-state index in [2.05, 4.69) is 19.1 Å². The van der Waals surface area contributed by atoms with Crippen LogP contribution in [0, 0.1) is 0 Å². The number of morpholine rings is 1. The molecule has 18 heavy (non-hydrogen) atoms. The molecule has 3 heteroatoms. The molecule has 2 unspecified atom stereocenters. The number of hydrogen-bond donors (Lipinski definition) is 0. The molecule has 1 aromatic carbocycles. The van der Waals surface area contributed by atoms with Gasteiger partial charge in [-0.15, -0.1) is 0 Å². The van der Waals surface area contributed by atoms with Crippen molar-refractivity contribution in [1.29, 1.82) is 0 Å². The fourth-order valence-electron chi connectivity index (χ4n) is 2.38. The molecule has 0 aliphatic carbocycles. The quantitative estimate of drug-likeness (QED) is 0.821. The molecule has 0 N–H and O–H groups in total. The Balaban J connectivity index is 1.94. The summed E-state index contributed by atoms with van der Waals surface area (Å²) < 4.78 is 5.36. The third-order valence-electron chi connectivity index (χ3n) is 3.54. The zero-order chi connectivity index (χ0) is 13.0. The number of hydrogen-bond acceptors (Lipinski definition) is 2. The molecule has 98 valence electrons. The fourth-order valence-corrected chi connectivity index (χ4v) is 2.38. The molecule has 1 amide bonds. The lowest BCUT2D eigenvalue weighted by Crippen LogP contribution is -2.47. The second-order valence-corrected chi connectivity index (χ2v) is 5.03. The average Bonchev–Trinajstić information content (AvgIpc) is 2.40. The summed E-state index contributed by atoms with van der Waals surface area (Å²) in [5, 5.41) is 0. The summed E-state index contributed by atoms with van der Waals surface area (Å²) in [6, 6.07) is 10.4. The summed E-state index contributed by atoms with van der Waals surface area (Å²) >= 11 is 0. The number of nitrogens with zero attached hydrogens (tertiary/aromatic N) is 1. The highest BCUT2D eigenvalue weighted by molar-refractivity contribution is 5.77. The molecule has 2 atom stereocenters. The lowest BCUT2D eigenvalue weighted by atomic mass is 9.97. The maximum Gasteiger partial charge on any atom is 0.223 e. The Labute approximate surface area is 109 Å². The number of benzene rings is 1. The molecule has 1 fully saturated rings. The normalized spacial score (nSPS) is 21.7. The molecule has 3 nitrogen and oxygen atoms in total. The van der Waals surface area contributed by atoms with Crippen molar-refractivity contribution in [3.63, 3.8) is 0 Å². The minimum atomic E-state index is 0.203. The molecular formula is C15H21NO2. The van der Waals surface area contributed by atoms with Crippen molar-refractivity contribution >= 4 is 5.91 Å². The second kappa shape index (κ2) is 6.01. The van der Waals surface area contributed by atoms with E-state index in [0.29, 0.717) is 19.6 Å². The van der Waals surface area contributed by atoms with E-state index in [1.165, 1.54) is 5.56 Å². The lowest BCUT2D eigenvalue weighted by Gasteiger charge is -2.34. The summed E-state index contributed by atoms with van der Waals surface area (Å²) in [6.45, 7) is 6.20. The van der Waals surface area contributed by atoms with Crippen molar-refractivity contribution in [1.82, 2.24) is 4.90 Å². The van der Waals surface area contributed by atoms with Crippen LogP contribution in [0.15, 0.2) is 30.3 Å². The van der Waals surface area contributed by atoms with E-state index in [-0.39, 0.29) is 17.9 Å². The van der Waals surface area contributed by atoms with Gasteiger partial charge in [0, 0.05) is 13.0 Å². The predicted molar refractivity (Wildman–Crippen MR) is 71.5 cm³/mol. The van der Waals surface area contributed by atoms with E-state index in [0.717, 1.165) is 6.54 Å². The van der Waals surface area contributed by atoms with E-state index >= 15 is 0 Å². The Morgan fingerprint density at radius 1 is 1.44 bits per heavy atom. The number of carbonyl (C=O) groups is 1. The van der Waals surface area contributed by atoms with Crippen LogP contribution in [0.2, 0.25) is 0 Å². The highest BCUT2D eigenvalue weighted by atomic mass is 16.5. The Morgan fingerprint density at radius 2 is 2.17 bits per heavy atom. The minimum absolute atomic E-state index is 0.203. The summed E-state index contributed by atoms with van der Waals surface area (Å²) in [4.78, 5) is 14.2. The van der Waals surface area contributed by atoms with Crippen LogP contribution in [0.4, 0.5) is 0 Å². The molecule has 0 aromatic heterocycles. The molecule has 1 aliphatic heterocycles. The van der Waals surface area contributed by atoms with Gasteiger partial charge in [0.05, 0.1) is 19.3 Å². The monoisotopic (exact) mass is 247 g/mol. The fraction of sp³-hybridized carbons (Fsp3) is 0.533. The van der Waals surface area contributed by atoms with Gasteiger partial charge in [0.15, 0.2) is 0 Å². The standard InChI is InChI=1S/C15H21NO2/c1-12(14-6-4-3-5-7-14)10-15(17)16-8-9-18-11-13(16)2/h3-7,12-13H,8-11H2,1-2H3. The van der Waals surface area contributed by atoms with Crippen molar-refractivity contribution in [3.05, 3.63) is 35.9 Å². The molecule has 0 saturated carbocycles. The maximum absolute atomic E-state index is 12.3. The average molecular weight is 247 g/mol. The van der Waals surface area contributed by atoms with Gasteiger partial charge in [-0.25, -0.2) is 0 Å². The van der Waals surface area contributed by atoms with Gasteiger partial charge in [0.1, 0.15) is 0 Å². The molecule has 1 heterocycles. The SMILES string of the molecule is CC(CC(=O)N1CCOCC1C)c1ccccc1. The first-order valence-electron chi connectivity index (χ1n) is 6.60. The molecule has 0 bridgehead atoms. The summed E-state index contributed by atoms with van der Waals surface area (Å²) in [7, 11) is 0. The summed E-state index contributed by atoms with van der Waals surface area (Å²) in [5.74, 6) is 0.510. The lowest BCUT2D eigenvalue weighted by molar-refractivity contribution is -0.139. The van der Waals surface area contributed by atoms with Crippen LogP contribution in [0.1, 0.15) is 31.7 Å². The van der Waals surface area contributed by atoms with Gasteiger partial charge in [-0.05, 0) is 18.4 Å². The molecule has 2 rings (SSSR count). The third kappa shape index (κ3) is 3.10. The molecule has 0 spiro atoms. The third-order valence-corrected chi connectivity index (χ3v) is 3.54. The molecular weight excluding hydrogens is 226 g/mol. The van der Waals surface area contributed by atoms with Crippen LogP contribution in [0.5, 0.6) is 0 Å². The maximum atomic E-state index is 12.3. The van der Waals surface area contributed by atoms with E-state index in [4.69, 9.17) is 4.74 Å². The second-order valence-electron chi connectivity index (χ2n) is 5.03. The molecule has 1 aliphatic rings. The Morgan fingerprint density at radius 3 is 2.83 bits per heavy atom. The van der Waals surface area contributed by atoms with Gasteiger partial charge >= 0.3 is 0 Å². The molecule has 1 saturated heterocycles. The topological polar surface area (TPSA) is 29.5 Å². The van der Waals surface area contributed by atoms with Crippen LogP contribution >= 0.6 is 0 Å². The summed E-state index contributed by atoms with van der Waals surface area (Å²) in [5.41, 5.74) is 1.23. The van der Waals surface area contributed by atoms with Crippen LogP contribution in [-0.4, -0.2) is 36.6 Å². The van der Waals surface area contributed by atoms with Crippen molar-refractivity contribution < 1.29 is 9.53 Å². The number of amides is 1. The van der Waals surface area contributed by atoms with Gasteiger partial charge in [-0.2, -0.15) is 0 Å². The van der Waals surface area contributed by atoms with E-state index in [1.807, 2.05) is 30.0 Å². The zero-order valence-corrected chi connectivity index (χ0v) is 11.1. The highest BCUT2D eigenvalue weighted by Crippen LogP contribution is 2.20. The van der Waals surface area contributed by atoms with Gasteiger partial charge in [-0.3, -0.25) is 4.79 Å². The van der Waals surface area contributed by atoms with Crippen molar-refractivity contribution in [2.45, 2.75) is 32.2 Å². The van der Waals surface area contributed by atoms with Crippen LogP contribution < -0.4 is 0 Å². The van der Waals surface area contributed by atoms with E-state index in [9.17, 15) is 4.79 Å². The smallest absolute Gasteiger partial charge is 0.223 e. The first-order valence-corrected chi connectivity index (χ1v) is 6.60. The van der Waals surface area contributed by atoms with Crippen molar-refractivity contribution in [3.8, 4) is 0 Å². The minimum Gasteiger partial charge on any atom is -0.377 e. The highest BCUT2D eigenvalue weighted by Gasteiger charge is 2.24. The first kappa shape index (κ1) is 13.1. The molecule has 1 aromatic rings. The number of ether oxygens (including phenoxy) is 1. The van der Waals surface area contributed by atoms with E-state index < -0.39 is 0 Å². The number of rotatable bonds is 3.